The number of allylic oxidation sites excluding steroid dienone is 2. The van der Waals surface area contributed by atoms with E-state index >= 15 is 0 Å². The molecule has 0 bridgehead atoms. The Labute approximate surface area is 206 Å². The summed E-state index contributed by atoms with van der Waals surface area (Å²) in [4.78, 5) is 12.5. The Bertz CT molecular complexity index is 1400. The lowest BCUT2D eigenvalue weighted by Crippen LogP contribution is -2.07. The summed E-state index contributed by atoms with van der Waals surface area (Å²) < 4.78 is 44.8. The summed E-state index contributed by atoms with van der Waals surface area (Å²) in [5, 5.41) is 10.4. The van der Waals surface area contributed by atoms with Crippen LogP contribution in [0.4, 0.5) is 18.9 Å². The molecule has 1 amide bonds. The van der Waals surface area contributed by atoms with Crippen LogP contribution in [0, 0.1) is 0 Å². The van der Waals surface area contributed by atoms with Crippen molar-refractivity contribution in [2.75, 3.05) is 5.32 Å². The van der Waals surface area contributed by atoms with Crippen LogP contribution in [0.1, 0.15) is 30.5 Å². The monoisotopic (exact) mass is 491 g/mol. The van der Waals surface area contributed by atoms with Crippen molar-refractivity contribution in [2.24, 2.45) is 0 Å². The molecule has 0 atom stereocenters. The predicted molar refractivity (Wildman–Crippen MR) is 135 cm³/mol. The highest BCUT2D eigenvalue weighted by molar-refractivity contribution is 6.05. The normalized spacial score (nSPS) is 12.4. The Morgan fingerprint density at radius 1 is 1.00 bits per heavy atom. The van der Waals surface area contributed by atoms with Crippen LogP contribution in [0.2, 0.25) is 0 Å². The van der Waals surface area contributed by atoms with Crippen molar-refractivity contribution >= 4 is 28.1 Å². The topological polar surface area (TPSA) is 67.0 Å². The third-order valence-electron chi connectivity index (χ3n) is 5.31. The number of carbonyl (C=O) groups is 1. The smallest absolute Gasteiger partial charge is 0.416 e. The van der Waals surface area contributed by atoms with Gasteiger partial charge in [-0.15, -0.1) is 0 Å². The number of H-pyrrole nitrogens is 1. The third-order valence-corrected chi connectivity index (χ3v) is 5.31. The molecule has 184 valence electrons. The van der Waals surface area contributed by atoms with Crippen molar-refractivity contribution in [2.45, 2.75) is 26.1 Å². The number of rotatable bonds is 7. The van der Waals surface area contributed by atoms with Gasteiger partial charge in [-0.3, -0.25) is 9.89 Å². The number of aromatic nitrogens is 2. The van der Waals surface area contributed by atoms with Crippen LogP contribution in [0.3, 0.4) is 0 Å². The molecule has 1 heterocycles. The Morgan fingerprint density at radius 2 is 1.67 bits per heavy atom. The number of hydrogen-bond donors (Lipinski definition) is 2. The van der Waals surface area contributed by atoms with Crippen LogP contribution >= 0.6 is 0 Å². The van der Waals surface area contributed by atoms with Crippen molar-refractivity contribution in [3.05, 3.63) is 108 Å². The van der Waals surface area contributed by atoms with Crippen molar-refractivity contribution in [3.63, 3.8) is 0 Å². The fraction of sp³-hybridized carbons (Fsp3) is 0.143. The van der Waals surface area contributed by atoms with Crippen LogP contribution in [0.5, 0.6) is 5.75 Å². The highest BCUT2D eigenvalue weighted by atomic mass is 19.4. The number of amides is 1. The average molecular weight is 492 g/mol. The number of fused-ring (bicyclic) bond motifs is 1. The zero-order valence-corrected chi connectivity index (χ0v) is 19.6. The summed E-state index contributed by atoms with van der Waals surface area (Å²) in [6, 6.07) is 17.6. The fourth-order valence-electron chi connectivity index (χ4n) is 3.67. The van der Waals surface area contributed by atoms with Gasteiger partial charge in [0.2, 0.25) is 5.91 Å². The van der Waals surface area contributed by atoms with Gasteiger partial charge in [-0.25, -0.2) is 0 Å². The van der Waals surface area contributed by atoms with E-state index < -0.39 is 11.7 Å². The van der Waals surface area contributed by atoms with E-state index in [-0.39, 0.29) is 12.0 Å². The number of benzene rings is 3. The number of halogens is 3. The van der Waals surface area contributed by atoms with E-state index in [0.29, 0.717) is 22.6 Å². The Balaban J connectivity index is 1.61. The maximum absolute atomic E-state index is 13.0. The molecule has 2 N–H and O–H groups in total. The number of alkyl halides is 3. The van der Waals surface area contributed by atoms with E-state index in [0.717, 1.165) is 28.6 Å². The molecule has 0 saturated heterocycles. The summed E-state index contributed by atoms with van der Waals surface area (Å²) in [6.45, 7) is 3.84. The van der Waals surface area contributed by atoms with E-state index in [1.54, 1.807) is 42.6 Å². The summed E-state index contributed by atoms with van der Waals surface area (Å²) in [6.07, 6.45) is 1.84. The molecule has 4 rings (SSSR count). The van der Waals surface area contributed by atoms with Crippen LogP contribution in [0.15, 0.2) is 91.2 Å². The minimum absolute atomic E-state index is 0.00937. The summed E-state index contributed by atoms with van der Waals surface area (Å²) in [5.74, 6) is 0.330. The Hall–Kier alpha value is -4.33. The van der Waals surface area contributed by atoms with Gasteiger partial charge in [-0.05, 0) is 66.9 Å². The van der Waals surface area contributed by atoms with E-state index in [2.05, 4.69) is 15.5 Å². The summed E-state index contributed by atoms with van der Waals surface area (Å²) in [5.41, 5.74) is 2.68. The lowest BCUT2D eigenvalue weighted by Gasteiger charge is -2.13. The number of nitrogens with zero attached hydrogens (tertiary/aromatic N) is 1. The van der Waals surface area contributed by atoms with Gasteiger partial charge in [-0.1, -0.05) is 42.5 Å². The minimum Gasteiger partial charge on any atom is -0.491 e. The first kappa shape index (κ1) is 24.8. The lowest BCUT2D eigenvalue weighted by molar-refractivity contribution is -0.137. The van der Waals surface area contributed by atoms with Crippen LogP contribution in [0.25, 0.3) is 16.5 Å². The molecule has 0 aliphatic rings. The van der Waals surface area contributed by atoms with Crippen LogP contribution in [-0.4, -0.2) is 22.2 Å². The van der Waals surface area contributed by atoms with Gasteiger partial charge in [0.25, 0.3) is 0 Å². The van der Waals surface area contributed by atoms with E-state index in [4.69, 9.17) is 4.74 Å². The number of carbonyl (C=O) groups excluding carboxylic acids is 1. The van der Waals surface area contributed by atoms with Gasteiger partial charge in [0.05, 0.1) is 29.1 Å². The second-order valence-corrected chi connectivity index (χ2v) is 8.33. The van der Waals surface area contributed by atoms with Crippen molar-refractivity contribution in [3.8, 4) is 5.75 Å². The number of hydrogen-bond acceptors (Lipinski definition) is 3. The zero-order valence-electron chi connectivity index (χ0n) is 19.6. The van der Waals surface area contributed by atoms with Crippen LogP contribution < -0.4 is 10.1 Å². The molecule has 36 heavy (non-hydrogen) atoms. The van der Waals surface area contributed by atoms with Crippen LogP contribution in [-0.2, 0) is 11.0 Å². The maximum Gasteiger partial charge on any atom is 0.416 e. The molecular formula is C28H24F3N3O2. The standard InChI is InChI=1S/C28H24F3N3O2/c1-18(2)36-22-15-11-20(12-16-22)23(19-9-13-21(14-10-19)28(29,30)31)5-3-8-27(35)33-25-6-4-7-26-24(25)17-32-34-26/h3-18H,1-2H3,(H,32,34)(H,33,35)/b8-3+,23-5+. The summed E-state index contributed by atoms with van der Waals surface area (Å²) in [7, 11) is 0. The second-order valence-electron chi connectivity index (χ2n) is 8.33. The first-order chi connectivity index (χ1) is 17.2. The predicted octanol–water partition coefficient (Wildman–Crippen LogP) is 7.00. The van der Waals surface area contributed by atoms with Gasteiger partial charge >= 0.3 is 6.18 Å². The highest BCUT2D eigenvalue weighted by Gasteiger charge is 2.30. The average Bonchev–Trinajstić information content (AvgIpc) is 3.32. The largest absolute Gasteiger partial charge is 0.491 e. The SMILES string of the molecule is CC(C)Oc1ccc(/C(=C/C=C/C(=O)Nc2cccc3[nH]ncc23)c2ccc(C(F)(F)F)cc2)cc1. The molecule has 0 radical (unpaired) electrons. The molecule has 8 heteroatoms. The molecule has 1 aromatic heterocycles. The minimum atomic E-state index is -4.42. The fourth-order valence-corrected chi connectivity index (χ4v) is 3.67. The van der Waals surface area contributed by atoms with Crippen molar-refractivity contribution in [1.29, 1.82) is 0 Å². The van der Waals surface area contributed by atoms with Crippen molar-refractivity contribution < 1.29 is 22.7 Å². The molecule has 0 spiro atoms. The number of anilines is 1. The first-order valence-corrected chi connectivity index (χ1v) is 11.3. The van der Waals surface area contributed by atoms with Gasteiger partial charge in [0.15, 0.2) is 0 Å². The quantitative estimate of drug-likeness (QED) is 0.216. The molecule has 4 aromatic rings. The van der Waals surface area contributed by atoms with Gasteiger partial charge in [0, 0.05) is 11.5 Å². The zero-order chi connectivity index (χ0) is 25.7. The number of aromatic amines is 1. The van der Waals surface area contributed by atoms with Gasteiger partial charge in [-0.2, -0.15) is 18.3 Å². The highest BCUT2D eigenvalue weighted by Crippen LogP contribution is 2.32. The van der Waals surface area contributed by atoms with Gasteiger partial charge in [0.1, 0.15) is 5.75 Å². The molecule has 5 nitrogen and oxygen atoms in total. The third kappa shape index (κ3) is 6.02. The Kier molecular flexibility index (Phi) is 7.24. The number of ether oxygens (including phenoxy) is 1. The van der Waals surface area contributed by atoms with E-state index in [1.165, 1.54) is 18.2 Å². The molecule has 0 saturated carbocycles. The summed E-state index contributed by atoms with van der Waals surface area (Å²) >= 11 is 0. The lowest BCUT2D eigenvalue weighted by atomic mass is 9.96. The van der Waals surface area contributed by atoms with Gasteiger partial charge < -0.3 is 10.1 Å². The van der Waals surface area contributed by atoms with Crippen molar-refractivity contribution in [1.82, 2.24) is 10.2 Å². The molecule has 3 aromatic carbocycles. The Morgan fingerprint density at radius 3 is 2.31 bits per heavy atom. The number of nitrogens with one attached hydrogen (secondary N) is 2. The molecule has 0 fully saturated rings. The second kappa shape index (κ2) is 10.5. The maximum atomic E-state index is 13.0. The molecule has 0 unspecified atom stereocenters. The first-order valence-electron chi connectivity index (χ1n) is 11.3. The molecule has 0 aliphatic heterocycles. The van der Waals surface area contributed by atoms with E-state index in [1.807, 2.05) is 32.0 Å². The molecular weight excluding hydrogens is 467 g/mol. The molecule has 0 aliphatic carbocycles. The van der Waals surface area contributed by atoms with E-state index in [9.17, 15) is 18.0 Å².